The van der Waals surface area contributed by atoms with E-state index in [9.17, 15) is 22.8 Å². The number of carbonyl (C=O) groups excluding carboxylic acids is 2. The molecule has 5 nitrogen and oxygen atoms in total. The van der Waals surface area contributed by atoms with Gasteiger partial charge >= 0.3 is 6.18 Å². The first-order chi connectivity index (χ1) is 13.8. The third-order valence-corrected chi connectivity index (χ3v) is 4.87. The number of alkyl halides is 3. The summed E-state index contributed by atoms with van der Waals surface area (Å²) < 4.78 is 44.4. The van der Waals surface area contributed by atoms with Crippen LogP contribution in [-0.2, 0) is 17.5 Å². The van der Waals surface area contributed by atoms with E-state index < -0.39 is 17.6 Å². The van der Waals surface area contributed by atoms with Crippen LogP contribution in [-0.4, -0.2) is 18.4 Å². The molecular formula is C21H17F3N2O3. The molecular weight excluding hydrogens is 385 g/mol. The summed E-state index contributed by atoms with van der Waals surface area (Å²) >= 11 is 0. The Morgan fingerprint density at radius 3 is 2.76 bits per heavy atom. The molecule has 2 aliphatic heterocycles. The summed E-state index contributed by atoms with van der Waals surface area (Å²) in [6, 6.07) is 8.36. The van der Waals surface area contributed by atoms with E-state index in [1.165, 1.54) is 12.1 Å². The molecule has 4 rings (SSSR count). The van der Waals surface area contributed by atoms with Crippen molar-refractivity contribution in [1.29, 1.82) is 0 Å². The SMILES string of the molecule is O=C(/C=C1\CCCOc2cc(C(F)(F)F)ccc21)Nc1ccc2c(c1)C(=O)NC2. The lowest BCUT2D eigenvalue weighted by molar-refractivity contribution is -0.137. The molecule has 150 valence electrons. The van der Waals surface area contributed by atoms with Crippen LogP contribution in [0.4, 0.5) is 18.9 Å². The molecule has 0 spiro atoms. The van der Waals surface area contributed by atoms with Crippen molar-refractivity contribution >= 4 is 23.1 Å². The predicted molar refractivity (Wildman–Crippen MR) is 100 cm³/mol. The second kappa shape index (κ2) is 7.27. The number of fused-ring (bicyclic) bond motifs is 2. The van der Waals surface area contributed by atoms with Gasteiger partial charge in [-0.1, -0.05) is 12.1 Å². The fraction of sp³-hybridized carbons (Fsp3) is 0.238. The van der Waals surface area contributed by atoms with Crippen molar-refractivity contribution in [3.63, 3.8) is 0 Å². The van der Waals surface area contributed by atoms with Crippen LogP contribution >= 0.6 is 0 Å². The highest BCUT2D eigenvalue weighted by molar-refractivity contribution is 6.05. The van der Waals surface area contributed by atoms with E-state index in [1.807, 2.05) is 0 Å². The maximum atomic E-state index is 13.0. The van der Waals surface area contributed by atoms with Crippen LogP contribution in [0, 0.1) is 0 Å². The number of hydrogen-bond acceptors (Lipinski definition) is 3. The van der Waals surface area contributed by atoms with Crippen molar-refractivity contribution in [2.45, 2.75) is 25.6 Å². The van der Waals surface area contributed by atoms with E-state index in [1.54, 1.807) is 18.2 Å². The van der Waals surface area contributed by atoms with Gasteiger partial charge in [-0.15, -0.1) is 0 Å². The number of halogens is 3. The van der Waals surface area contributed by atoms with Gasteiger partial charge in [0.15, 0.2) is 0 Å². The second-order valence-corrected chi connectivity index (χ2v) is 6.87. The Balaban J connectivity index is 1.59. The van der Waals surface area contributed by atoms with Crippen molar-refractivity contribution in [2.75, 3.05) is 11.9 Å². The summed E-state index contributed by atoms with van der Waals surface area (Å²) in [5.74, 6) is -0.499. The summed E-state index contributed by atoms with van der Waals surface area (Å²) in [5.41, 5.74) is 2.13. The molecule has 2 aromatic rings. The van der Waals surface area contributed by atoms with Crippen molar-refractivity contribution < 1.29 is 27.5 Å². The van der Waals surface area contributed by atoms with E-state index in [-0.39, 0.29) is 18.3 Å². The van der Waals surface area contributed by atoms with Crippen molar-refractivity contribution in [2.24, 2.45) is 0 Å². The number of amides is 2. The molecule has 2 amide bonds. The Kier molecular flexibility index (Phi) is 4.77. The molecule has 2 heterocycles. The minimum atomic E-state index is -4.47. The van der Waals surface area contributed by atoms with Gasteiger partial charge in [-0.05, 0) is 48.2 Å². The van der Waals surface area contributed by atoms with Gasteiger partial charge in [-0.2, -0.15) is 13.2 Å². The largest absolute Gasteiger partial charge is 0.493 e. The minimum Gasteiger partial charge on any atom is -0.493 e. The Labute approximate surface area is 164 Å². The zero-order chi connectivity index (χ0) is 20.6. The Bertz CT molecular complexity index is 1030. The number of hydrogen-bond donors (Lipinski definition) is 2. The normalized spacial score (nSPS) is 17.1. The lowest BCUT2D eigenvalue weighted by Crippen LogP contribution is -2.13. The van der Waals surface area contributed by atoms with Crippen LogP contribution in [0.3, 0.4) is 0 Å². The first-order valence-corrected chi connectivity index (χ1v) is 9.08. The summed E-state index contributed by atoms with van der Waals surface area (Å²) in [6.07, 6.45) is -2.02. The highest BCUT2D eigenvalue weighted by Crippen LogP contribution is 2.38. The van der Waals surface area contributed by atoms with Gasteiger partial charge in [0.1, 0.15) is 5.75 Å². The average Bonchev–Trinajstić information content (AvgIpc) is 2.91. The predicted octanol–water partition coefficient (Wildman–Crippen LogP) is 4.14. The fourth-order valence-corrected chi connectivity index (χ4v) is 3.44. The molecule has 2 aliphatic rings. The van der Waals surface area contributed by atoms with E-state index in [2.05, 4.69) is 10.6 Å². The fourth-order valence-electron chi connectivity index (χ4n) is 3.44. The molecule has 2 aromatic carbocycles. The van der Waals surface area contributed by atoms with E-state index >= 15 is 0 Å². The molecule has 29 heavy (non-hydrogen) atoms. The number of benzene rings is 2. The van der Waals surface area contributed by atoms with Crippen molar-refractivity contribution in [1.82, 2.24) is 5.32 Å². The molecule has 0 unspecified atom stereocenters. The molecule has 0 aromatic heterocycles. The first-order valence-electron chi connectivity index (χ1n) is 9.08. The van der Waals surface area contributed by atoms with Crippen LogP contribution in [0.2, 0.25) is 0 Å². The number of nitrogens with one attached hydrogen (secondary N) is 2. The Morgan fingerprint density at radius 2 is 1.97 bits per heavy atom. The summed E-state index contributed by atoms with van der Waals surface area (Å²) in [6.45, 7) is 0.732. The number of anilines is 1. The zero-order valence-corrected chi connectivity index (χ0v) is 15.2. The molecule has 0 radical (unpaired) electrons. The topological polar surface area (TPSA) is 67.4 Å². The maximum Gasteiger partial charge on any atom is 0.416 e. The van der Waals surface area contributed by atoms with Gasteiger partial charge in [-0.3, -0.25) is 9.59 Å². The third kappa shape index (κ3) is 3.96. The molecule has 0 bridgehead atoms. The highest BCUT2D eigenvalue weighted by atomic mass is 19.4. The van der Waals surface area contributed by atoms with Crippen LogP contribution in [0.1, 0.15) is 39.9 Å². The monoisotopic (exact) mass is 402 g/mol. The lowest BCUT2D eigenvalue weighted by Gasteiger charge is -2.13. The quantitative estimate of drug-likeness (QED) is 0.742. The van der Waals surface area contributed by atoms with E-state index in [4.69, 9.17) is 4.74 Å². The number of ether oxygens (including phenoxy) is 1. The van der Waals surface area contributed by atoms with Gasteiger partial charge < -0.3 is 15.4 Å². The molecule has 0 fully saturated rings. The van der Waals surface area contributed by atoms with Gasteiger partial charge in [0, 0.05) is 29.4 Å². The molecule has 8 heteroatoms. The first kappa shape index (κ1) is 19.0. The minimum absolute atomic E-state index is 0.116. The van der Waals surface area contributed by atoms with Crippen LogP contribution in [0.25, 0.3) is 5.57 Å². The smallest absolute Gasteiger partial charge is 0.416 e. The Morgan fingerprint density at radius 1 is 1.14 bits per heavy atom. The molecule has 0 saturated carbocycles. The third-order valence-electron chi connectivity index (χ3n) is 4.87. The number of carbonyl (C=O) groups is 2. The van der Waals surface area contributed by atoms with E-state index in [0.29, 0.717) is 41.8 Å². The van der Waals surface area contributed by atoms with Gasteiger partial charge in [-0.25, -0.2) is 0 Å². The molecule has 2 N–H and O–H groups in total. The summed E-state index contributed by atoms with van der Waals surface area (Å²) in [7, 11) is 0. The zero-order valence-electron chi connectivity index (χ0n) is 15.2. The molecule has 0 atom stereocenters. The second-order valence-electron chi connectivity index (χ2n) is 6.87. The number of rotatable bonds is 2. The summed E-state index contributed by atoms with van der Waals surface area (Å²) in [5, 5.41) is 5.42. The van der Waals surface area contributed by atoms with Crippen molar-refractivity contribution in [3.05, 3.63) is 64.7 Å². The van der Waals surface area contributed by atoms with Crippen LogP contribution < -0.4 is 15.4 Å². The Hall–Kier alpha value is -3.29. The standard InChI is InChI=1S/C21H17F3N2O3/c22-21(23,24)14-4-6-16-12(2-1-7-29-18(16)9-14)8-19(27)26-15-5-3-13-11-25-20(28)17(13)10-15/h3-6,8-10H,1-2,7,11H2,(H,25,28)(H,26,27)/b12-8+. The van der Waals surface area contributed by atoms with Gasteiger partial charge in [0.05, 0.1) is 12.2 Å². The molecule has 0 saturated heterocycles. The average molecular weight is 402 g/mol. The van der Waals surface area contributed by atoms with Gasteiger partial charge in [0.25, 0.3) is 5.91 Å². The van der Waals surface area contributed by atoms with Gasteiger partial charge in [0.2, 0.25) is 5.91 Å². The lowest BCUT2D eigenvalue weighted by atomic mass is 9.99. The van der Waals surface area contributed by atoms with Crippen molar-refractivity contribution in [3.8, 4) is 5.75 Å². The number of allylic oxidation sites excluding steroid dienone is 1. The van der Waals surface area contributed by atoms with Crippen LogP contribution in [0.5, 0.6) is 5.75 Å². The summed E-state index contributed by atoms with van der Waals surface area (Å²) in [4.78, 5) is 24.3. The van der Waals surface area contributed by atoms with Crippen LogP contribution in [0.15, 0.2) is 42.5 Å². The molecule has 0 aliphatic carbocycles. The van der Waals surface area contributed by atoms with E-state index in [0.717, 1.165) is 17.7 Å². The highest BCUT2D eigenvalue weighted by Gasteiger charge is 2.32. The maximum absolute atomic E-state index is 13.0.